The number of methoxy groups -OCH3 is 2. The van der Waals surface area contributed by atoms with Crippen molar-refractivity contribution in [2.24, 2.45) is 0 Å². The first kappa shape index (κ1) is 18.2. The molecule has 1 aliphatic rings. The molecule has 0 spiro atoms. The standard InChI is InChI=1S/C19H21FN6O2/c1-27-14-9-11-16(15(20)17(14)28-2)24-19(25-18(11)21)26-8-7-22-10-13(26)12-5-3-4-6-23-12/h3-6,9,13,22H,7-8,10H2,1-2H3,(H2,21,24,25). The van der Waals surface area contributed by atoms with Gasteiger partial charge in [0.25, 0.3) is 0 Å². The van der Waals surface area contributed by atoms with Crippen LogP contribution in [0, 0.1) is 5.82 Å². The van der Waals surface area contributed by atoms with Gasteiger partial charge in [0, 0.05) is 31.2 Å². The van der Waals surface area contributed by atoms with Gasteiger partial charge >= 0.3 is 0 Å². The second-order valence-corrected chi connectivity index (χ2v) is 6.40. The van der Waals surface area contributed by atoms with Crippen LogP contribution in [0.1, 0.15) is 11.7 Å². The zero-order chi connectivity index (χ0) is 19.7. The Morgan fingerprint density at radius 1 is 1.25 bits per heavy atom. The Hall–Kier alpha value is -3.20. The predicted molar refractivity (Wildman–Crippen MR) is 104 cm³/mol. The molecule has 0 amide bonds. The number of pyridine rings is 1. The van der Waals surface area contributed by atoms with Crippen molar-refractivity contribution in [3.8, 4) is 11.5 Å². The fourth-order valence-corrected chi connectivity index (χ4v) is 3.45. The second kappa shape index (κ2) is 7.43. The van der Waals surface area contributed by atoms with Gasteiger partial charge in [-0.15, -0.1) is 0 Å². The highest BCUT2D eigenvalue weighted by molar-refractivity contribution is 5.92. The Labute approximate surface area is 161 Å². The molecule has 0 bridgehead atoms. The number of aromatic nitrogens is 3. The molecule has 0 saturated carbocycles. The van der Waals surface area contributed by atoms with Gasteiger partial charge < -0.3 is 25.4 Å². The minimum atomic E-state index is -0.628. The molecule has 1 unspecified atom stereocenters. The molecule has 2 aromatic heterocycles. The third-order valence-corrected chi connectivity index (χ3v) is 4.82. The number of benzene rings is 1. The van der Waals surface area contributed by atoms with Crippen molar-refractivity contribution in [2.45, 2.75) is 6.04 Å². The summed E-state index contributed by atoms with van der Waals surface area (Å²) in [5.74, 6) is 0.132. The summed E-state index contributed by atoms with van der Waals surface area (Å²) < 4.78 is 25.4. The molecule has 1 saturated heterocycles. The Bertz CT molecular complexity index is 1000. The monoisotopic (exact) mass is 384 g/mol. The average molecular weight is 384 g/mol. The lowest BCUT2D eigenvalue weighted by molar-refractivity contribution is 0.339. The van der Waals surface area contributed by atoms with E-state index in [2.05, 4.69) is 20.3 Å². The van der Waals surface area contributed by atoms with Gasteiger partial charge in [0.05, 0.1) is 26.0 Å². The molecular weight excluding hydrogens is 363 g/mol. The Balaban J connectivity index is 1.85. The molecule has 28 heavy (non-hydrogen) atoms. The molecule has 3 heterocycles. The third kappa shape index (κ3) is 3.03. The highest BCUT2D eigenvalue weighted by Gasteiger charge is 2.28. The summed E-state index contributed by atoms with van der Waals surface area (Å²) in [6.07, 6.45) is 1.74. The van der Waals surface area contributed by atoms with Crippen molar-refractivity contribution >= 4 is 22.7 Å². The van der Waals surface area contributed by atoms with Crippen molar-refractivity contribution < 1.29 is 13.9 Å². The first-order chi connectivity index (χ1) is 13.6. The van der Waals surface area contributed by atoms with Gasteiger partial charge in [-0.3, -0.25) is 4.98 Å². The molecule has 3 N–H and O–H groups in total. The zero-order valence-electron chi connectivity index (χ0n) is 15.6. The van der Waals surface area contributed by atoms with E-state index in [0.717, 1.165) is 12.2 Å². The minimum Gasteiger partial charge on any atom is -0.493 e. The molecule has 9 heteroatoms. The normalized spacial score (nSPS) is 17.0. The van der Waals surface area contributed by atoms with Crippen molar-refractivity contribution in [3.63, 3.8) is 0 Å². The van der Waals surface area contributed by atoms with E-state index in [1.54, 1.807) is 12.3 Å². The number of nitrogens with two attached hydrogens (primary N) is 1. The quantitative estimate of drug-likeness (QED) is 0.704. The number of rotatable bonds is 4. The van der Waals surface area contributed by atoms with Crippen molar-refractivity contribution in [1.82, 2.24) is 20.3 Å². The molecule has 1 fully saturated rings. The maximum absolute atomic E-state index is 15.1. The molecule has 1 aliphatic heterocycles. The van der Waals surface area contributed by atoms with Crippen LogP contribution in [0.5, 0.6) is 11.5 Å². The average Bonchev–Trinajstić information content (AvgIpc) is 2.74. The number of fused-ring (bicyclic) bond motifs is 1. The summed E-state index contributed by atoms with van der Waals surface area (Å²) in [5, 5.41) is 3.73. The van der Waals surface area contributed by atoms with Gasteiger partial charge in [0.15, 0.2) is 17.3 Å². The number of piperazine rings is 1. The van der Waals surface area contributed by atoms with Crippen LogP contribution in [-0.2, 0) is 0 Å². The number of anilines is 2. The molecule has 1 aromatic carbocycles. The van der Waals surface area contributed by atoms with Crippen molar-refractivity contribution in [2.75, 3.05) is 44.5 Å². The lowest BCUT2D eigenvalue weighted by Crippen LogP contribution is -2.47. The number of hydrogen-bond donors (Lipinski definition) is 2. The first-order valence-corrected chi connectivity index (χ1v) is 8.90. The first-order valence-electron chi connectivity index (χ1n) is 8.90. The predicted octanol–water partition coefficient (Wildman–Crippen LogP) is 1.91. The highest BCUT2D eigenvalue weighted by atomic mass is 19.1. The molecule has 0 radical (unpaired) electrons. The second-order valence-electron chi connectivity index (χ2n) is 6.40. The van der Waals surface area contributed by atoms with Crippen LogP contribution in [0.2, 0.25) is 0 Å². The summed E-state index contributed by atoms with van der Waals surface area (Å²) in [6.45, 7) is 2.06. The zero-order valence-corrected chi connectivity index (χ0v) is 15.6. The van der Waals surface area contributed by atoms with E-state index in [9.17, 15) is 0 Å². The maximum Gasteiger partial charge on any atom is 0.228 e. The van der Waals surface area contributed by atoms with Crippen molar-refractivity contribution in [3.05, 3.63) is 42.0 Å². The molecule has 0 aliphatic carbocycles. The van der Waals surface area contributed by atoms with Crippen LogP contribution >= 0.6 is 0 Å². The van der Waals surface area contributed by atoms with E-state index >= 15 is 4.39 Å². The molecule has 3 aromatic rings. The fourth-order valence-electron chi connectivity index (χ4n) is 3.45. The van der Waals surface area contributed by atoms with E-state index in [1.165, 1.54) is 14.2 Å². The number of nitrogen functional groups attached to an aromatic ring is 1. The Morgan fingerprint density at radius 2 is 2.11 bits per heavy atom. The van der Waals surface area contributed by atoms with E-state index in [4.69, 9.17) is 15.2 Å². The smallest absolute Gasteiger partial charge is 0.228 e. The number of ether oxygens (including phenoxy) is 2. The maximum atomic E-state index is 15.1. The lowest BCUT2D eigenvalue weighted by Gasteiger charge is -2.36. The largest absolute Gasteiger partial charge is 0.493 e. The van der Waals surface area contributed by atoms with Crippen LogP contribution in [-0.4, -0.2) is 48.8 Å². The lowest BCUT2D eigenvalue weighted by atomic mass is 10.1. The number of nitrogens with zero attached hydrogens (tertiary/aromatic N) is 4. The van der Waals surface area contributed by atoms with Gasteiger partial charge in [0.2, 0.25) is 5.95 Å². The Kier molecular flexibility index (Phi) is 4.82. The number of halogens is 1. The number of hydrogen-bond acceptors (Lipinski definition) is 8. The van der Waals surface area contributed by atoms with Crippen LogP contribution in [0.15, 0.2) is 30.5 Å². The summed E-state index contributed by atoms with van der Waals surface area (Å²) in [7, 11) is 2.82. The van der Waals surface area contributed by atoms with Crippen LogP contribution in [0.4, 0.5) is 16.2 Å². The summed E-state index contributed by atoms with van der Waals surface area (Å²) >= 11 is 0. The van der Waals surface area contributed by atoms with Crippen LogP contribution in [0.3, 0.4) is 0 Å². The summed E-state index contributed by atoms with van der Waals surface area (Å²) in [5.41, 5.74) is 7.13. The van der Waals surface area contributed by atoms with E-state index in [1.807, 2.05) is 23.1 Å². The van der Waals surface area contributed by atoms with E-state index in [-0.39, 0.29) is 28.9 Å². The molecule has 146 valence electrons. The van der Waals surface area contributed by atoms with Gasteiger partial charge in [-0.1, -0.05) is 6.07 Å². The Morgan fingerprint density at radius 3 is 2.82 bits per heavy atom. The fraction of sp³-hybridized carbons (Fsp3) is 0.316. The molecular formula is C19H21FN6O2. The van der Waals surface area contributed by atoms with Gasteiger partial charge in [-0.2, -0.15) is 4.98 Å². The SMILES string of the molecule is COc1cc2c(N)nc(N3CCNCC3c3ccccn3)nc2c(F)c1OC. The molecule has 4 rings (SSSR count). The topological polar surface area (TPSA) is 98.4 Å². The minimum absolute atomic E-state index is 0.0133. The summed E-state index contributed by atoms with van der Waals surface area (Å²) in [6, 6.07) is 7.24. The highest BCUT2D eigenvalue weighted by Crippen LogP contribution is 2.38. The molecule has 8 nitrogen and oxygen atoms in total. The third-order valence-electron chi connectivity index (χ3n) is 4.82. The summed E-state index contributed by atoms with van der Waals surface area (Å²) in [4.78, 5) is 15.4. The molecule has 1 atom stereocenters. The van der Waals surface area contributed by atoms with E-state index in [0.29, 0.717) is 24.4 Å². The van der Waals surface area contributed by atoms with Gasteiger partial charge in [-0.05, 0) is 18.2 Å². The number of nitrogens with one attached hydrogen (secondary N) is 1. The van der Waals surface area contributed by atoms with E-state index < -0.39 is 5.82 Å². The van der Waals surface area contributed by atoms with Crippen molar-refractivity contribution in [1.29, 1.82) is 0 Å². The van der Waals surface area contributed by atoms with Gasteiger partial charge in [0.1, 0.15) is 11.3 Å². The van der Waals surface area contributed by atoms with Crippen LogP contribution in [0.25, 0.3) is 10.9 Å². The van der Waals surface area contributed by atoms with Crippen LogP contribution < -0.4 is 25.4 Å². The van der Waals surface area contributed by atoms with Gasteiger partial charge in [-0.25, -0.2) is 9.37 Å².